The molecule has 4 nitrogen and oxygen atoms in total. The molecule has 94 valence electrons. The maximum atomic E-state index is 4.58. The molecule has 1 aromatic heterocycles. The van der Waals surface area contributed by atoms with Crippen molar-refractivity contribution in [1.29, 1.82) is 0 Å². The Balaban J connectivity index is 1.97. The SMILES string of the molecule is CCCCCNc1cc(NC)nc(C2CC2)n1. The summed E-state index contributed by atoms with van der Waals surface area (Å²) in [4.78, 5) is 9.07. The summed E-state index contributed by atoms with van der Waals surface area (Å²) < 4.78 is 0. The van der Waals surface area contributed by atoms with E-state index in [1.807, 2.05) is 13.1 Å². The second-order valence-corrected chi connectivity index (χ2v) is 4.65. The molecule has 0 amide bonds. The summed E-state index contributed by atoms with van der Waals surface area (Å²) >= 11 is 0. The third-order valence-corrected chi connectivity index (χ3v) is 3.03. The lowest BCUT2D eigenvalue weighted by Crippen LogP contribution is -2.07. The van der Waals surface area contributed by atoms with Crippen LogP contribution in [0.5, 0.6) is 0 Å². The van der Waals surface area contributed by atoms with Gasteiger partial charge in [0.25, 0.3) is 0 Å². The van der Waals surface area contributed by atoms with Crippen LogP contribution >= 0.6 is 0 Å². The Morgan fingerprint density at radius 3 is 2.65 bits per heavy atom. The van der Waals surface area contributed by atoms with Gasteiger partial charge in [0, 0.05) is 25.6 Å². The predicted molar refractivity (Wildman–Crippen MR) is 71.6 cm³/mol. The van der Waals surface area contributed by atoms with Crippen molar-refractivity contribution in [2.24, 2.45) is 0 Å². The summed E-state index contributed by atoms with van der Waals surface area (Å²) in [5.41, 5.74) is 0. The van der Waals surface area contributed by atoms with Crippen LogP contribution in [0.25, 0.3) is 0 Å². The molecular formula is C13H22N4. The first-order valence-electron chi connectivity index (χ1n) is 6.64. The van der Waals surface area contributed by atoms with E-state index < -0.39 is 0 Å². The number of anilines is 2. The van der Waals surface area contributed by atoms with Gasteiger partial charge in [0.1, 0.15) is 17.5 Å². The summed E-state index contributed by atoms with van der Waals surface area (Å²) in [6.45, 7) is 3.22. The molecule has 0 unspecified atom stereocenters. The molecule has 1 aromatic rings. The Bertz CT molecular complexity index is 360. The van der Waals surface area contributed by atoms with Gasteiger partial charge in [0.2, 0.25) is 0 Å². The van der Waals surface area contributed by atoms with Crippen LogP contribution in [0.15, 0.2) is 6.07 Å². The number of aromatic nitrogens is 2. The van der Waals surface area contributed by atoms with E-state index >= 15 is 0 Å². The van der Waals surface area contributed by atoms with Gasteiger partial charge < -0.3 is 10.6 Å². The number of nitrogens with one attached hydrogen (secondary N) is 2. The first-order valence-corrected chi connectivity index (χ1v) is 6.64. The Kier molecular flexibility index (Phi) is 4.18. The average Bonchev–Trinajstić information content (AvgIpc) is 3.18. The van der Waals surface area contributed by atoms with Crippen molar-refractivity contribution in [3.63, 3.8) is 0 Å². The lowest BCUT2D eigenvalue weighted by atomic mass is 10.2. The standard InChI is InChI=1S/C13H22N4/c1-3-4-5-8-15-12-9-11(14-2)16-13(17-12)10-6-7-10/h9-10H,3-8H2,1-2H3,(H2,14,15,16,17). The molecule has 0 aliphatic heterocycles. The van der Waals surface area contributed by atoms with E-state index in [4.69, 9.17) is 0 Å². The molecule has 0 atom stereocenters. The highest BCUT2D eigenvalue weighted by Gasteiger charge is 2.27. The van der Waals surface area contributed by atoms with Gasteiger partial charge in [-0.3, -0.25) is 0 Å². The molecule has 2 N–H and O–H groups in total. The molecule has 0 bridgehead atoms. The van der Waals surface area contributed by atoms with Crippen molar-refractivity contribution < 1.29 is 0 Å². The maximum Gasteiger partial charge on any atom is 0.136 e. The topological polar surface area (TPSA) is 49.8 Å². The fraction of sp³-hybridized carbons (Fsp3) is 0.692. The smallest absolute Gasteiger partial charge is 0.136 e. The fourth-order valence-electron chi connectivity index (χ4n) is 1.80. The van der Waals surface area contributed by atoms with Crippen LogP contribution in [0, 0.1) is 0 Å². The van der Waals surface area contributed by atoms with E-state index in [9.17, 15) is 0 Å². The molecular weight excluding hydrogens is 212 g/mol. The fourth-order valence-corrected chi connectivity index (χ4v) is 1.80. The molecule has 0 aromatic carbocycles. The van der Waals surface area contributed by atoms with Crippen LogP contribution in [0.2, 0.25) is 0 Å². The second-order valence-electron chi connectivity index (χ2n) is 4.65. The summed E-state index contributed by atoms with van der Waals surface area (Å²) in [7, 11) is 1.90. The van der Waals surface area contributed by atoms with Crippen molar-refractivity contribution in [1.82, 2.24) is 9.97 Å². The Hall–Kier alpha value is -1.32. The zero-order valence-electron chi connectivity index (χ0n) is 10.8. The number of rotatable bonds is 7. The van der Waals surface area contributed by atoms with Crippen molar-refractivity contribution in [3.05, 3.63) is 11.9 Å². The first-order chi connectivity index (χ1) is 8.33. The number of hydrogen-bond donors (Lipinski definition) is 2. The van der Waals surface area contributed by atoms with Crippen molar-refractivity contribution >= 4 is 11.6 Å². The van der Waals surface area contributed by atoms with E-state index in [0.29, 0.717) is 5.92 Å². The first kappa shape index (κ1) is 12.1. The largest absolute Gasteiger partial charge is 0.373 e. The number of unbranched alkanes of at least 4 members (excludes halogenated alkanes) is 2. The molecule has 1 saturated carbocycles. The van der Waals surface area contributed by atoms with E-state index in [1.165, 1.54) is 32.1 Å². The van der Waals surface area contributed by atoms with Gasteiger partial charge in [-0.1, -0.05) is 19.8 Å². The van der Waals surface area contributed by atoms with Gasteiger partial charge in [-0.05, 0) is 19.3 Å². The molecule has 4 heteroatoms. The monoisotopic (exact) mass is 234 g/mol. The molecule has 0 radical (unpaired) electrons. The van der Waals surface area contributed by atoms with Gasteiger partial charge in [-0.15, -0.1) is 0 Å². The van der Waals surface area contributed by atoms with E-state index in [0.717, 1.165) is 24.0 Å². The Morgan fingerprint density at radius 1 is 1.24 bits per heavy atom. The molecule has 1 heterocycles. The normalized spacial score (nSPS) is 14.7. The lowest BCUT2D eigenvalue weighted by Gasteiger charge is -2.09. The average molecular weight is 234 g/mol. The quantitative estimate of drug-likeness (QED) is 0.712. The van der Waals surface area contributed by atoms with Gasteiger partial charge in [0.15, 0.2) is 0 Å². The van der Waals surface area contributed by atoms with Gasteiger partial charge in [-0.2, -0.15) is 0 Å². The summed E-state index contributed by atoms with van der Waals surface area (Å²) in [5.74, 6) is 3.47. The van der Waals surface area contributed by atoms with E-state index in [-0.39, 0.29) is 0 Å². The third-order valence-electron chi connectivity index (χ3n) is 3.03. The summed E-state index contributed by atoms with van der Waals surface area (Å²) in [5, 5.41) is 6.49. The molecule has 1 aliphatic carbocycles. The predicted octanol–water partition coefficient (Wildman–Crippen LogP) is 3.00. The Morgan fingerprint density at radius 2 is 2.00 bits per heavy atom. The van der Waals surface area contributed by atoms with Crippen LogP contribution < -0.4 is 10.6 Å². The Labute approximate surface area is 103 Å². The molecule has 0 spiro atoms. The molecule has 1 fully saturated rings. The highest BCUT2D eigenvalue weighted by atomic mass is 15.1. The second kappa shape index (κ2) is 5.84. The summed E-state index contributed by atoms with van der Waals surface area (Å²) in [6.07, 6.45) is 6.20. The lowest BCUT2D eigenvalue weighted by molar-refractivity contribution is 0.741. The minimum Gasteiger partial charge on any atom is -0.373 e. The minimum absolute atomic E-state index is 0.597. The highest BCUT2D eigenvalue weighted by molar-refractivity contribution is 5.47. The van der Waals surface area contributed by atoms with Crippen molar-refractivity contribution in [3.8, 4) is 0 Å². The molecule has 0 saturated heterocycles. The van der Waals surface area contributed by atoms with E-state index in [2.05, 4.69) is 27.5 Å². The van der Waals surface area contributed by atoms with Gasteiger partial charge >= 0.3 is 0 Å². The molecule has 2 rings (SSSR count). The van der Waals surface area contributed by atoms with E-state index in [1.54, 1.807) is 0 Å². The minimum atomic E-state index is 0.597. The van der Waals surface area contributed by atoms with Gasteiger partial charge in [-0.25, -0.2) is 9.97 Å². The number of nitrogens with zero attached hydrogens (tertiary/aromatic N) is 2. The van der Waals surface area contributed by atoms with Crippen LogP contribution in [-0.4, -0.2) is 23.6 Å². The van der Waals surface area contributed by atoms with Crippen LogP contribution in [-0.2, 0) is 0 Å². The molecule has 1 aliphatic rings. The van der Waals surface area contributed by atoms with Crippen LogP contribution in [0.4, 0.5) is 11.6 Å². The third kappa shape index (κ3) is 3.58. The zero-order valence-corrected chi connectivity index (χ0v) is 10.8. The molecule has 17 heavy (non-hydrogen) atoms. The summed E-state index contributed by atoms with van der Waals surface area (Å²) in [6, 6.07) is 1.98. The van der Waals surface area contributed by atoms with Crippen LogP contribution in [0.3, 0.4) is 0 Å². The zero-order chi connectivity index (χ0) is 12.1. The number of hydrogen-bond acceptors (Lipinski definition) is 4. The maximum absolute atomic E-state index is 4.58. The van der Waals surface area contributed by atoms with Gasteiger partial charge in [0.05, 0.1) is 0 Å². The van der Waals surface area contributed by atoms with Crippen molar-refractivity contribution in [2.75, 3.05) is 24.2 Å². The van der Waals surface area contributed by atoms with Crippen LogP contribution in [0.1, 0.15) is 50.8 Å². The highest BCUT2D eigenvalue weighted by Crippen LogP contribution is 2.38. The van der Waals surface area contributed by atoms with Crippen molar-refractivity contribution in [2.45, 2.75) is 44.9 Å².